The van der Waals surface area contributed by atoms with Crippen LogP contribution in [0, 0.1) is 6.92 Å². The number of aryl methyl sites for hydroxylation is 3. The van der Waals surface area contributed by atoms with Crippen LogP contribution in [-0.2, 0) is 25.2 Å². The van der Waals surface area contributed by atoms with Crippen LogP contribution in [0.2, 0.25) is 0 Å². The Bertz CT molecular complexity index is 1130. The maximum Gasteiger partial charge on any atom is 0.433 e. The van der Waals surface area contributed by atoms with Crippen molar-refractivity contribution in [3.8, 4) is 11.5 Å². The zero-order valence-corrected chi connectivity index (χ0v) is 17.3. The highest BCUT2D eigenvalue weighted by atomic mass is 19.4. The van der Waals surface area contributed by atoms with Gasteiger partial charge in [0.05, 0.1) is 11.3 Å². The number of halogens is 6. The van der Waals surface area contributed by atoms with E-state index in [-0.39, 0.29) is 11.5 Å². The van der Waals surface area contributed by atoms with E-state index in [9.17, 15) is 31.1 Å². The number of fused-ring (bicyclic) bond motifs is 1. The van der Waals surface area contributed by atoms with Crippen LogP contribution in [0.1, 0.15) is 51.5 Å². The number of carbonyl (C=O) groups excluding carboxylic acids is 1. The van der Waals surface area contributed by atoms with E-state index >= 15 is 0 Å². The van der Waals surface area contributed by atoms with Gasteiger partial charge in [0.1, 0.15) is 11.5 Å². The molecule has 0 radical (unpaired) electrons. The van der Waals surface area contributed by atoms with Gasteiger partial charge < -0.3 is 10.2 Å². The molecule has 4 rings (SSSR count). The molecule has 3 aromatic rings. The van der Waals surface area contributed by atoms with Gasteiger partial charge in [0.25, 0.3) is 0 Å². The fraction of sp³-hybridized carbons (Fsp3) is 0.318. The molecule has 11 heteroatoms. The van der Waals surface area contributed by atoms with Gasteiger partial charge in [-0.1, -0.05) is 0 Å². The monoisotopic (exact) mass is 471 g/mol. The Hall–Kier alpha value is -3.37. The van der Waals surface area contributed by atoms with Crippen molar-refractivity contribution in [2.24, 2.45) is 5.73 Å². The van der Waals surface area contributed by atoms with Crippen molar-refractivity contribution in [2.45, 2.75) is 45.0 Å². The first-order valence-electron chi connectivity index (χ1n) is 9.85. The number of alkyl halides is 6. The zero-order valence-electron chi connectivity index (χ0n) is 17.3. The van der Waals surface area contributed by atoms with Crippen LogP contribution in [0.15, 0.2) is 40.9 Å². The van der Waals surface area contributed by atoms with E-state index in [1.807, 2.05) is 0 Å². The molecule has 0 saturated heterocycles. The number of benzene rings is 1. The molecule has 0 aliphatic heterocycles. The molecule has 1 aliphatic carbocycles. The molecule has 2 heterocycles. The lowest BCUT2D eigenvalue weighted by atomic mass is 10.0. The third-order valence-electron chi connectivity index (χ3n) is 4.83. The zero-order chi connectivity index (χ0) is 24.4. The number of amides is 1. The summed E-state index contributed by atoms with van der Waals surface area (Å²) in [7, 11) is 0. The van der Waals surface area contributed by atoms with Gasteiger partial charge in [0.15, 0.2) is 0 Å². The van der Waals surface area contributed by atoms with E-state index in [0.717, 1.165) is 61.5 Å². The molecule has 1 amide bonds. The Balaban J connectivity index is 0.000000196. The van der Waals surface area contributed by atoms with Crippen molar-refractivity contribution in [1.82, 2.24) is 9.97 Å². The van der Waals surface area contributed by atoms with Gasteiger partial charge in [0.2, 0.25) is 11.8 Å². The molecule has 0 bridgehead atoms. The Morgan fingerprint density at radius 3 is 2.30 bits per heavy atom. The van der Waals surface area contributed by atoms with Crippen LogP contribution in [0.5, 0.6) is 0 Å². The van der Waals surface area contributed by atoms with Gasteiger partial charge in [-0.15, -0.1) is 0 Å². The summed E-state index contributed by atoms with van der Waals surface area (Å²) in [5.41, 5.74) is 4.52. The summed E-state index contributed by atoms with van der Waals surface area (Å²) in [6.45, 7) is 1.47. The lowest BCUT2D eigenvalue weighted by Crippen LogP contribution is -2.14. The first-order chi connectivity index (χ1) is 15.3. The number of nitrogens with two attached hydrogens (primary N) is 1. The molecule has 0 spiro atoms. The second kappa shape index (κ2) is 9.24. The normalized spacial score (nSPS) is 13.7. The number of hydrogen-bond acceptors (Lipinski definition) is 4. The number of primary amides is 1. The number of nitrogens with zero attached hydrogens (tertiary/aromatic N) is 2. The van der Waals surface area contributed by atoms with Crippen LogP contribution < -0.4 is 5.73 Å². The molecule has 5 nitrogen and oxygen atoms in total. The van der Waals surface area contributed by atoms with Gasteiger partial charge >= 0.3 is 12.4 Å². The third-order valence-corrected chi connectivity index (χ3v) is 4.83. The van der Waals surface area contributed by atoms with Crippen molar-refractivity contribution in [1.29, 1.82) is 0 Å². The molecule has 2 aromatic heterocycles. The average Bonchev–Trinajstić information content (AvgIpc) is 3.17. The second-order valence-corrected chi connectivity index (χ2v) is 7.47. The van der Waals surface area contributed by atoms with Crippen molar-refractivity contribution in [2.75, 3.05) is 0 Å². The largest absolute Gasteiger partial charge is 0.441 e. The van der Waals surface area contributed by atoms with Gasteiger partial charge in [0, 0.05) is 23.7 Å². The van der Waals surface area contributed by atoms with Crippen LogP contribution in [-0.4, -0.2) is 15.9 Å². The molecule has 0 unspecified atom stereocenters. The first kappa shape index (κ1) is 24.3. The Morgan fingerprint density at radius 2 is 1.70 bits per heavy atom. The topological polar surface area (TPSA) is 82.0 Å². The Labute approximate surface area is 184 Å². The molecule has 1 aliphatic rings. The van der Waals surface area contributed by atoms with Crippen molar-refractivity contribution < 1.29 is 35.6 Å². The SMILES string of the molecule is Cc1cc(C(N)=O)cc(C(F)(F)F)c1.FC(F)(F)c1cc(-c2nc3c(o2)CCCC3)ccn1. The van der Waals surface area contributed by atoms with E-state index in [1.165, 1.54) is 19.1 Å². The minimum atomic E-state index is -4.46. The summed E-state index contributed by atoms with van der Waals surface area (Å²) in [5, 5.41) is 0. The smallest absolute Gasteiger partial charge is 0.433 e. The van der Waals surface area contributed by atoms with Crippen LogP contribution >= 0.6 is 0 Å². The summed E-state index contributed by atoms with van der Waals surface area (Å²) >= 11 is 0. The molecule has 33 heavy (non-hydrogen) atoms. The summed E-state index contributed by atoms with van der Waals surface area (Å²) in [5.74, 6) is 0.186. The maximum absolute atomic E-state index is 12.6. The van der Waals surface area contributed by atoms with E-state index in [4.69, 9.17) is 10.2 Å². The third kappa shape index (κ3) is 6.11. The Kier molecular flexibility index (Phi) is 6.80. The molecular weight excluding hydrogens is 452 g/mol. The van der Waals surface area contributed by atoms with Crippen molar-refractivity contribution in [3.05, 3.63) is 70.4 Å². The number of carbonyl (C=O) groups is 1. The number of rotatable bonds is 2. The van der Waals surface area contributed by atoms with Crippen LogP contribution in [0.3, 0.4) is 0 Å². The quantitative estimate of drug-likeness (QED) is 0.483. The molecule has 0 saturated carbocycles. The highest BCUT2D eigenvalue weighted by molar-refractivity contribution is 5.93. The van der Waals surface area contributed by atoms with E-state index in [1.54, 1.807) is 0 Å². The van der Waals surface area contributed by atoms with Crippen molar-refractivity contribution in [3.63, 3.8) is 0 Å². The van der Waals surface area contributed by atoms with Crippen LogP contribution in [0.4, 0.5) is 26.3 Å². The van der Waals surface area contributed by atoms with Gasteiger partial charge in [-0.05, 0) is 62.1 Å². The minimum absolute atomic E-state index is 0.127. The molecule has 1 aromatic carbocycles. The van der Waals surface area contributed by atoms with E-state index in [0.29, 0.717) is 11.1 Å². The molecule has 0 fully saturated rings. The summed E-state index contributed by atoms with van der Waals surface area (Å²) in [6.07, 6.45) is -4.07. The summed E-state index contributed by atoms with van der Waals surface area (Å²) in [4.78, 5) is 18.3. The number of oxazole rings is 1. The number of hydrogen-bond donors (Lipinski definition) is 1. The second-order valence-electron chi connectivity index (χ2n) is 7.47. The number of aromatic nitrogens is 2. The van der Waals surface area contributed by atoms with E-state index < -0.39 is 29.5 Å². The lowest BCUT2D eigenvalue weighted by Gasteiger charge is -2.08. The predicted octanol–water partition coefficient (Wildman–Crippen LogP) is 5.75. The standard InChI is InChI=1S/C13H11F3N2O.C9H8F3NO/c14-13(15,16)11-7-8(5-6-17-11)12-18-9-3-1-2-4-10(9)19-12;1-5-2-6(8(13)14)4-7(3-5)9(10,11)12/h5-7H,1-4H2;2-4H,1H3,(H2,13,14). The first-order valence-corrected chi connectivity index (χ1v) is 9.85. The molecule has 2 N–H and O–H groups in total. The van der Waals surface area contributed by atoms with Gasteiger partial charge in [-0.25, -0.2) is 4.98 Å². The highest BCUT2D eigenvalue weighted by Crippen LogP contribution is 2.32. The molecule has 176 valence electrons. The fourth-order valence-electron chi connectivity index (χ4n) is 3.28. The fourth-order valence-corrected chi connectivity index (χ4v) is 3.28. The summed E-state index contributed by atoms with van der Waals surface area (Å²) < 4.78 is 80.1. The lowest BCUT2D eigenvalue weighted by molar-refractivity contribution is -0.141. The van der Waals surface area contributed by atoms with Gasteiger partial charge in [-0.2, -0.15) is 26.3 Å². The van der Waals surface area contributed by atoms with E-state index in [2.05, 4.69) is 9.97 Å². The van der Waals surface area contributed by atoms with Gasteiger partial charge in [-0.3, -0.25) is 9.78 Å². The summed E-state index contributed by atoms with van der Waals surface area (Å²) in [6, 6.07) is 5.48. The number of pyridine rings is 1. The minimum Gasteiger partial charge on any atom is -0.441 e. The molecular formula is C22H19F6N3O2. The molecule has 0 atom stereocenters. The Morgan fingerprint density at radius 1 is 1.00 bits per heavy atom. The predicted molar refractivity (Wildman–Crippen MR) is 106 cm³/mol. The highest BCUT2D eigenvalue weighted by Gasteiger charge is 2.33. The van der Waals surface area contributed by atoms with Crippen LogP contribution in [0.25, 0.3) is 11.5 Å². The average molecular weight is 471 g/mol. The van der Waals surface area contributed by atoms with Crippen molar-refractivity contribution >= 4 is 5.91 Å². The maximum atomic E-state index is 12.6.